The van der Waals surface area contributed by atoms with Gasteiger partial charge in [0.2, 0.25) is 5.91 Å². The number of hydrogen-bond acceptors (Lipinski definition) is 7. The van der Waals surface area contributed by atoms with Crippen molar-refractivity contribution in [2.75, 3.05) is 31.1 Å². The number of nitrogens with zero attached hydrogens (tertiary/aromatic N) is 3. The Balaban J connectivity index is 1.36. The molecular weight excluding hydrogens is 346 g/mol. The predicted octanol–water partition coefficient (Wildman–Crippen LogP) is -0.615. The van der Waals surface area contributed by atoms with Crippen LogP contribution in [0.4, 0.5) is 5.82 Å². The molecule has 8 heteroatoms. The van der Waals surface area contributed by atoms with E-state index in [1.54, 1.807) is 18.6 Å². The number of carbonyl (C=O) groups is 1. The van der Waals surface area contributed by atoms with E-state index < -0.39 is 12.2 Å². The Kier molecular flexibility index (Phi) is 5.29. The largest absolute Gasteiger partial charge is 0.390 e. The van der Waals surface area contributed by atoms with E-state index >= 15 is 0 Å². The van der Waals surface area contributed by atoms with Gasteiger partial charge in [-0.15, -0.1) is 0 Å². The van der Waals surface area contributed by atoms with Crippen molar-refractivity contribution in [2.45, 2.75) is 38.0 Å². The first-order valence-corrected chi connectivity index (χ1v) is 9.94. The Morgan fingerprint density at radius 2 is 1.93 bits per heavy atom. The highest BCUT2D eigenvalue weighted by Crippen LogP contribution is 2.41. The number of amides is 1. The van der Waals surface area contributed by atoms with Crippen LogP contribution in [-0.2, 0) is 4.79 Å². The molecule has 1 aromatic heterocycles. The van der Waals surface area contributed by atoms with Gasteiger partial charge < -0.3 is 25.7 Å². The molecule has 0 unspecified atom stereocenters. The van der Waals surface area contributed by atoms with Gasteiger partial charge in [0.25, 0.3) is 0 Å². The molecule has 0 aromatic carbocycles. The second kappa shape index (κ2) is 7.69. The molecule has 148 valence electrons. The van der Waals surface area contributed by atoms with E-state index in [2.05, 4.69) is 25.5 Å². The van der Waals surface area contributed by atoms with Crippen molar-refractivity contribution in [1.82, 2.24) is 20.6 Å². The molecular formula is C19H29N5O3. The number of fused-ring (bicyclic) bond motifs is 1. The Labute approximate surface area is 159 Å². The van der Waals surface area contributed by atoms with Gasteiger partial charge in [0, 0.05) is 49.9 Å². The molecule has 1 aromatic rings. The summed E-state index contributed by atoms with van der Waals surface area (Å²) in [6.07, 6.45) is 5.25. The summed E-state index contributed by atoms with van der Waals surface area (Å²) >= 11 is 0. The summed E-state index contributed by atoms with van der Waals surface area (Å²) < 4.78 is 0. The van der Waals surface area contributed by atoms with Gasteiger partial charge in [-0.3, -0.25) is 9.78 Å². The quantitative estimate of drug-likeness (QED) is 0.558. The third kappa shape index (κ3) is 3.53. The summed E-state index contributed by atoms with van der Waals surface area (Å²) in [5.41, 5.74) is 0. The lowest BCUT2D eigenvalue weighted by Crippen LogP contribution is -2.57. The molecule has 4 N–H and O–H groups in total. The summed E-state index contributed by atoms with van der Waals surface area (Å²) in [4.78, 5) is 23.7. The van der Waals surface area contributed by atoms with E-state index in [1.165, 1.54) is 0 Å². The highest BCUT2D eigenvalue weighted by atomic mass is 16.3. The molecule has 27 heavy (non-hydrogen) atoms. The zero-order chi connectivity index (χ0) is 19.0. The number of anilines is 1. The lowest BCUT2D eigenvalue weighted by Gasteiger charge is -2.44. The fourth-order valence-corrected chi connectivity index (χ4v) is 5.09. The molecule has 2 saturated heterocycles. The molecule has 8 nitrogen and oxygen atoms in total. The number of aromatic nitrogens is 2. The van der Waals surface area contributed by atoms with Crippen molar-refractivity contribution in [2.24, 2.45) is 23.7 Å². The van der Waals surface area contributed by atoms with Gasteiger partial charge in [0.1, 0.15) is 5.82 Å². The fourth-order valence-electron chi connectivity index (χ4n) is 5.09. The highest BCUT2D eigenvalue weighted by molar-refractivity contribution is 5.80. The van der Waals surface area contributed by atoms with Crippen LogP contribution in [0.25, 0.3) is 0 Å². The maximum atomic E-state index is 13.1. The smallest absolute Gasteiger partial charge is 0.224 e. The number of hydrogen-bond donors (Lipinski definition) is 4. The van der Waals surface area contributed by atoms with E-state index in [4.69, 9.17) is 0 Å². The monoisotopic (exact) mass is 375 g/mol. The summed E-state index contributed by atoms with van der Waals surface area (Å²) in [5, 5.41) is 27.2. The molecule has 0 spiro atoms. The Morgan fingerprint density at radius 1 is 1.19 bits per heavy atom. The Bertz CT molecular complexity index is 652. The van der Waals surface area contributed by atoms with E-state index in [0.717, 1.165) is 38.3 Å². The molecule has 3 aliphatic rings. The van der Waals surface area contributed by atoms with Crippen LogP contribution in [0.3, 0.4) is 0 Å². The number of nitrogens with one attached hydrogen (secondary N) is 2. The second-order valence-corrected chi connectivity index (χ2v) is 8.19. The van der Waals surface area contributed by atoms with Crippen molar-refractivity contribution in [1.29, 1.82) is 0 Å². The number of carbonyl (C=O) groups excluding carboxylic acids is 1. The van der Waals surface area contributed by atoms with Crippen molar-refractivity contribution >= 4 is 11.7 Å². The summed E-state index contributed by atoms with van der Waals surface area (Å²) in [6, 6.07) is 0.134. The van der Waals surface area contributed by atoms with Gasteiger partial charge in [-0.05, 0) is 31.2 Å². The van der Waals surface area contributed by atoms with Gasteiger partial charge in [-0.25, -0.2) is 4.98 Å². The van der Waals surface area contributed by atoms with Gasteiger partial charge in [-0.2, -0.15) is 0 Å². The fraction of sp³-hybridized carbons (Fsp3) is 0.737. The summed E-state index contributed by atoms with van der Waals surface area (Å²) in [5.74, 6) is 0.413. The van der Waals surface area contributed by atoms with Crippen molar-refractivity contribution < 1.29 is 15.0 Å². The maximum absolute atomic E-state index is 13.1. The minimum atomic E-state index is -0.847. The third-order valence-electron chi connectivity index (χ3n) is 6.68. The average Bonchev–Trinajstić information content (AvgIpc) is 3.17. The molecule has 3 heterocycles. The van der Waals surface area contributed by atoms with Crippen LogP contribution < -0.4 is 15.5 Å². The zero-order valence-electron chi connectivity index (χ0n) is 15.7. The van der Waals surface area contributed by atoms with Crippen LogP contribution in [0.1, 0.15) is 19.8 Å². The normalized spacial score (nSPS) is 37.1. The topological polar surface area (TPSA) is 111 Å². The lowest BCUT2D eigenvalue weighted by molar-refractivity contribution is -0.146. The highest BCUT2D eigenvalue weighted by Gasteiger charge is 2.52. The van der Waals surface area contributed by atoms with E-state index in [0.29, 0.717) is 6.54 Å². The molecule has 1 amide bonds. The molecule has 3 fully saturated rings. The van der Waals surface area contributed by atoms with Crippen LogP contribution in [0, 0.1) is 23.7 Å². The van der Waals surface area contributed by atoms with Crippen LogP contribution in [0.2, 0.25) is 0 Å². The van der Waals surface area contributed by atoms with E-state index in [-0.39, 0.29) is 35.6 Å². The van der Waals surface area contributed by atoms with Crippen molar-refractivity contribution in [3.63, 3.8) is 0 Å². The Hall–Kier alpha value is -1.77. The zero-order valence-corrected chi connectivity index (χ0v) is 15.7. The Morgan fingerprint density at radius 3 is 2.63 bits per heavy atom. The average molecular weight is 375 g/mol. The number of aliphatic hydroxyl groups excluding tert-OH is 2. The van der Waals surface area contributed by atoms with E-state index in [1.807, 2.05) is 6.92 Å². The number of piperidine rings is 1. The molecule has 4 rings (SSSR count). The van der Waals surface area contributed by atoms with Crippen LogP contribution in [-0.4, -0.2) is 70.5 Å². The minimum absolute atomic E-state index is 0.0186. The first-order valence-electron chi connectivity index (χ1n) is 9.94. The van der Waals surface area contributed by atoms with Gasteiger partial charge in [0.05, 0.1) is 18.4 Å². The number of aliphatic hydroxyl groups is 2. The SMILES string of the molecule is C[C@H]1[C@H](O)[C@@H](O)[C@H]2CNC[C@@H]2[C@H]1C(=O)NC1CCN(c2cnccn2)CC1. The molecule has 1 aliphatic carbocycles. The van der Waals surface area contributed by atoms with Crippen molar-refractivity contribution in [3.8, 4) is 0 Å². The molecule has 0 bridgehead atoms. The maximum Gasteiger partial charge on any atom is 0.224 e. The molecule has 0 radical (unpaired) electrons. The van der Waals surface area contributed by atoms with Crippen LogP contribution in [0.5, 0.6) is 0 Å². The van der Waals surface area contributed by atoms with Crippen molar-refractivity contribution in [3.05, 3.63) is 18.6 Å². The molecule has 1 saturated carbocycles. The lowest BCUT2D eigenvalue weighted by atomic mass is 9.65. The standard InChI is InChI=1S/C19H29N5O3/c1-11-16(13-8-21-9-14(13)18(26)17(11)25)19(27)23-12-2-6-24(7-3-12)15-10-20-4-5-22-15/h4-5,10-14,16-18,21,25-26H,2-3,6-9H2,1H3,(H,23,27)/t11-,13+,14+,16+,17+,18+/m1/s1. The summed E-state index contributed by atoms with van der Waals surface area (Å²) in [7, 11) is 0. The van der Waals surface area contributed by atoms with Gasteiger partial charge in [0.15, 0.2) is 0 Å². The number of rotatable bonds is 3. The summed E-state index contributed by atoms with van der Waals surface area (Å²) in [6.45, 7) is 4.93. The van der Waals surface area contributed by atoms with Gasteiger partial charge >= 0.3 is 0 Å². The van der Waals surface area contributed by atoms with Crippen LogP contribution >= 0.6 is 0 Å². The first kappa shape index (κ1) is 18.6. The van der Waals surface area contributed by atoms with E-state index in [9.17, 15) is 15.0 Å². The van der Waals surface area contributed by atoms with Gasteiger partial charge in [-0.1, -0.05) is 6.92 Å². The molecule has 6 atom stereocenters. The second-order valence-electron chi connectivity index (χ2n) is 8.19. The first-order chi connectivity index (χ1) is 13.1. The third-order valence-corrected chi connectivity index (χ3v) is 6.68. The van der Waals surface area contributed by atoms with Crippen LogP contribution in [0.15, 0.2) is 18.6 Å². The minimum Gasteiger partial charge on any atom is -0.390 e. The predicted molar refractivity (Wildman–Crippen MR) is 99.9 cm³/mol. The molecule has 2 aliphatic heterocycles.